The maximum absolute atomic E-state index is 6.21. The summed E-state index contributed by atoms with van der Waals surface area (Å²) in [6.45, 7) is 8.66. The molecule has 0 amide bonds. The van der Waals surface area contributed by atoms with Crippen LogP contribution in [0.4, 0.5) is 0 Å². The van der Waals surface area contributed by atoms with Crippen molar-refractivity contribution in [2.24, 2.45) is 0 Å². The Hall–Kier alpha value is -0.540. The molecule has 0 saturated carbocycles. The van der Waals surface area contributed by atoms with Crippen molar-refractivity contribution in [3.05, 3.63) is 16.9 Å². The average Bonchev–Trinajstić information content (AvgIpc) is 2.72. The van der Waals surface area contributed by atoms with Crippen LogP contribution in [0.25, 0.3) is 0 Å². The van der Waals surface area contributed by atoms with Crippen LogP contribution in [0.5, 0.6) is 0 Å². The Kier molecular flexibility index (Phi) is 7.36. The highest BCUT2D eigenvalue weighted by Gasteiger charge is 2.11. The molecule has 0 spiro atoms. The fraction of sp³-hybridized carbons (Fsp3) is 0.786. The zero-order valence-corrected chi connectivity index (χ0v) is 12.6. The third-order valence-electron chi connectivity index (χ3n) is 3.24. The predicted molar refractivity (Wildman–Crippen MR) is 78.2 cm³/mol. The molecular formula is C14H26ClN3. The quantitative estimate of drug-likeness (QED) is 0.743. The van der Waals surface area contributed by atoms with Gasteiger partial charge in [-0.3, -0.25) is 4.68 Å². The van der Waals surface area contributed by atoms with Crippen LogP contribution in [-0.2, 0) is 13.0 Å². The third kappa shape index (κ3) is 4.62. The summed E-state index contributed by atoms with van der Waals surface area (Å²) in [5.74, 6) is 0. The van der Waals surface area contributed by atoms with Crippen molar-refractivity contribution < 1.29 is 0 Å². The molecule has 0 aliphatic rings. The Balaban J connectivity index is 2.52. The summed E-state index contributed by atoms with van der Waals surface area (Å²) in [5.41, 5.74) is 1.19. The summed E-state index contributed by atoms with van der Waals surface area (Å²) in [7, 11) is 0. The van der Waals surface area contributed by atoms with E-state index in [1.807, 2.05) is 0 Å². The summed E-state index contributed by atoms with van der Waals surface area (Å²) in [6, 6.07) is 0.589. The molecule has 0 fully saturated rings. The molecule has 1 aromatic rings. The highest BCUT2D eigenvalue weighted by molar-refractivity contribution is 6.31. The Morgan fingerprint density at radius 1 is 1.33 bits per heavy atom. The van der Waals surface area contributed by atoms with Crippen LogP contribution in [0, 0.1) is 0 Å². The van der Waals surface area contributed by atoms with Gasteiger partial charge in [0.05, 0.1) is 16.9 Å². The van der Waals surface area contributed by atoms with Gasteiger partial charge in [-0.2, -0.15) is 5.10 Å². The van der Waals surface area contributed by atoms with E-state index in [1.54, 1.807) is 6.20 Å². The van der Waals surface area contributed by atoms with Gasteiger partial charge in [0.2, 0.25) is 0 Å². The number of halogens is 1. The van der Waals surface area contributed by atoms with Crippen molar-refractivity contribution in [1.82, 2.24) is 15.1 Å². The minimum atomic E-state index is 0.589. The molecule has 1 heterocycles. The summed E-state index contributed by atoms with van der Waals surface area (Å²) in [5, 5.41) is 8.73. The topological polar surface area (TPSA) is 29.9 Å². The monoisotopic (exact) mass is 271 g/mol. The molecule has 4 heteroatoms. The molecule has 0 aromatic carbocycles. The molecule has 1 rings (SSSR count). The first-order chi connectivity index (χ1) is 8.72. The minimum absolute atomic E-state index is 0.589. The van der Waals surface area contributed by atoms with Crippen molar-refractivity contribution >= 4 is 11.6 Å². The molecule has 1 unspecified atom stereocenters. The van der Waals surface area contributed by atoms with E-state index in [-0.39, 0.29) is 0 Å². The smallest absolute Gasteiger partial charge is 0.0817 e. The number of hydrogen-bond donors (Lipinski definition) is 1. The molecule has 0 saturated heterocycles. The zero-order chi connectivity index (χ0) is 13.4. The van der Waals surface area contributed by atoms with Crippen LogP contribution in [-0.4, -0.2) is 22.4 Å². The number of nitrogens with one attached hydrogen (secondary N) is 1. The maximum Gasteiger partial charge on any atom is 0.0817 e. The normalized spacial score (nSPS) is 12.9. The Bertz CT molecular complexity index is 336. The van der Waals surface area contributed by atoms with E-state index < -0.39 is 0 Å². The molecule has 1 atom stereocenters. The number of aromatic nitrogens is 2. The molecule has 0 radical (unpaired) electrons. The van der Waals surface area contributed by atoms with Crippen molar-refractivity contribution in [2.45, 2.75) is 65.5 Å². The van der Waals surface area contributed by atoms with Crippen molar-refractivity contribution in [2.75, 3.05) is 6.54 Å². The van der Waals surface area contributed by atoms with Gasteiger partial charge in [-0.15, -0.1) is 0 Å². The van der Waals surface area contributed by atoms with Gasteiger partial charge in [0, 0.05) is 12.6 Å². The van der Waals surface area contributed by atoms with E-state index in [2.05, 4.69) is 35.9 Å². The highest BCUT2D eigenvalue weighted by atomic mass is 35.5. The minimum Gasteiger partial charge on any atom is -0.314 e. The first-order valence-electron chi connectivity index (χ1n) is 7.16. The van der Waals surface area contributed by atoms with Gasteiger partial charge in [-0.05, 0) is 38.6 Å². The van der Waals surface area contributed by atoms with E-state index in [4.69, 9.17) is 11.6 Å². The lowest BCUT2D eigenvalue weighted by Crippen LogP contribution is -2.29. The summed E-state index contributed by atoms with van der Waals surface area (Å²) in [4.78, 5) is 0. The van der Waals surface area contributed by atoms with Crippen LogP contribution >= 0.6 is 11.6 Å². The third-order valence-corrected chi connectivity index (χ3v) is 3.55. The second-order valence-corrected chi connectivity index (χ2v) is 5.17. The molecule has 0 aliphatic carbocycles. The van der Waals surface area contributed by atoms with Crippen LogP contribution in [0.2, 0.25) is 5.02 Å². The first kappa shape index (κ1) is 15.5. The van der Waals surface area contributed by atoms with Crippen LogP contribution in [0.1, 0.15) is 52.1 Å². The average molecular weight is 272 g/mol. The first-order valence-corrected chi connectivity index (χ1v) is 7.54. The van der Waals surface area contributed by atoms with Gasteiger partial charge in [0.1, 0.15) is 0 Å². The number of nitrogens with zero attached hydrogens (tertiary/aromatic N) is 2. The molecular weight excluding hydrogens is 246 g/mol. The van der Waals surface area contributed by atoms with Gasteiger partial charge in [0.25, 0.3) is 0 Å². The van der Waals surface area contributed by atoms with Crippen molar-refractivity contribution in [3.8, 4) is 0 Å². The SMILES string of the molecule is CCCNC(CC)CCc1c(Cl)cnn1CCC. The van der Waals surface area contributed by atoms with Crippen LogP contribution in [0.3, 0.4) is 0 Å². The summed E-state index contributed by atoms with van der Waals surface area (Å²) < 4.78 is 2.05. The van der Waals surface area contributed by atoms with Crippen molar-refractivity contribution in [1.29, 1.82) is 0 Å². The van der Waals surface area contributed by atoms with Crippen molar-refractivity contribution in [3.63, 3.8) is 0 Å². The largest absolute Gasteiger partial charge is 0.314 e. The fourth-order valence-electron chi connectivity index (χ4n) is 2.15. The lowest BCUT2D eigenvalue weighted by Gasteiger charge is -2.17. The van der Waals surface area contributed by atoms with E-state index >= 15 is 0 Å². The van der Waals surface area contributed by atoms with Gasteiger partial charge >= 0.3 is 0 Å². The Morgan fingerprint density at radius 2 is 2.11 bits per heavy atom. The van der Waals surface area contributed by atoms with E-state index in [1.165, 1.54) is 18.5 Å². The fourth-order valence-corrected chi connectivity index (χ4v) is 2.39. The number of hydrogen-bond acceptors (Lipinski definition) is 2. The molecule has 1 N–H and O–H groups in total. The van der Waals surface area contributed by atoms with Gasteiger partial charge in [-0.25, -0.2) is 0 Å². The molecule has 0 bridgehead atoms. The predicted octanol–water partition coefficient (Wildman–Crippen LogP) is 3.66. The Labute approximate surface area is 116 Å². The van der Waals surface area contributed by atoms with Crippen LogP contribution < -0.4 is 5.32 Å². The van der Waals surface area contributed by atoms with E-state index in [0.29, 0.717) is 6.04 Å². The lowest BCUT2D eigenvalue weighted by atomic mass is 10.1. The second-order valence-electron chi connectivity index (χ2n) is 4.76. The van der Waals surface area contributed by atoms with Gasteiger partial charge in [0.15, 0.2) is 0 Å². The van der Waals surface area contributed by atoms with Gasteiger partial charge in [-0.1, -0.05) is 32.4 Å². The van der Waals surface area contributed by atoms with Gasteiger partial charge < -0.3 is 5.32 Å². The Morgan fingerprint density at radius 3 is 2.72 bits per heavy atom. The zero-order valence-electron chi connectivity index (χ0n) is 11.9. The summed E-state index contributed by atoms with van der Waals surface area (Å²) >= 11 is 6.21. The van der Waals surface area contributed by atoms with Crippen LogP contribution in [0.15, 0.2) is 6.20 Å². The maximum atomic E-state index is 6.21. The molecule has 3 nitrogen and oxygen atoms in total. The number of aryl methyl sites for hydroxylation is 1. The molecule has 1 aromatic heterocycles. The van der Waals surface area contributed by atoms with E-state index in [9.17, 15) is 0 Å². The molecule has 104 valence electrons. The summed E-state index contributed by atoms with van der Waals surface area (Å²) in [6.07, 6.45) is 7.35. The van der Waals surface area contributed by atoms with E-state index in [0.717, 1.165) is 37.4 Å². The molecule has 0 aliphatic heterocycles. The number of rotatable bonds is 9. The second kappa shape index (κ2) is 8.54. The lowest BCUT2D eigenvalue weighted by molar-refractivity contribution is 0.457. The highest BCUT2D eigenvalue weighted by Crippen LogP contribution is 2.18. The standard InChI is InChI=1S/C14H26ClN3/c1-4-9-16-12(6-3)7-8-14-13(15)11-17-18(14)10-5-2/h11-12,16H,4-10H2,1-3H3. The molecule has 18 heavy (non-hydrogen) atoms.